The molecule has 0 unspecified atom stereocenters. The van der Waals surface area contributed by atoms with Gasteiger partial charge in [0.05, 0.1) is 0 Å². The van der Waals surface area contributed by atoms with Gasteiger partial charge in [-0.1, -0.05) is 25.4 Å². The molecule has 0 aliphatic rings. The fourth-order valence-corrected chi connectivity index (χ4v) is 2.71. The van der Waals surface area contributed by atoms with Gasteiger partial charge in [-0.05, 0) is 31.2 Å². The second kappa shape index (κ2) is 11.3. The lowest BCUT2D eigenvalue weighted by atomic mass is 10.2. The Morgan fingerprint density at radius 2 is 1.47 bits per heavy atom. The highest BCUT2D eigenvalue weighted by Crippen LogP contribution is 2.25. The van der Waals surface area contributed by atoms with Gasteiger partial charge in [0.1, 0.15) is 11.6 Å². The monoisotopic (exact) mass is 432 g/mol. The Morgan fingerprint density at radius 1 is 0.933 bits per heavy atom. The van der Waals surface area contributed by atoms with Gasteiger partial charge < -0.3 is 21.3 Å². The fraction of sp³-hybridized carbons (Fsp3) is 0.429. The number of nitrogens with one attached hydrogen (secondary N) is 4. The van der Waals surface area contributed by atoms with Gasteiger partial charge >= 0.3 is 0 Å². The zero-order valence-corrected chi connectivity index (χ0v) is 18.6. The maximum Gasteiger partial charge on any atom is 0.222 e. The summed E-state index contributed by atoms with van der Waals surface area (Å²) in [5, 5.41) is 12.8. The normalized spacial score (nSPS) is 10.6. The second-order valence-corrected chi connectivity index (χ2v) is 7.60. The van der Waals surface area contributed by atoms with Gasteiger partial charge in [0.2, 0.25) is 11.8 Å². The summed E-state index contributed by atoms with van der Waals surface area (Å²) in [6, 6.07) is 7.30. The second-order valence-electron chi connectivity index (χ2n) is 7.16. The van der Waals surface area contributed by atoms with E-state index in [9.17, 15) is 9.59 Å². The van der Waals surface area contributed by atoms with Crippen molar-refractivity contribution in [2.45, 2.75) is 27.7 Å². The van der Waals surface area contributed by atoms with Gasteiger partial charge in [-0.3, -0.25) is 9.59 Å². The van der Waals surface area contributed by atoms with Crippen molar-refractivity contribution in [2.75, 3.05) is 36.8 Å². The molecular formula is C21H29ClN6O2. The largest absolute Gasteiger partial charge is 0.368 e. The highest BCUT2D eigenvalue weighted by molar-refractivity contribution is 6.30. The van der Waals surface area contributed by atoms with Crippen LogP contribution in [0.4, 0.5) is 11.6 Å². The molecule has 1 heterocycles. The first kappa shape index (κ1) is 23.4. The molecule has 30 heavy (non-hydrogen) atoms. The molecule has 0 saturated heterocycles. The molecule has 1 aromatic heterocycles. The Morgan fingerprint density at radius 3 is 1.97 bits per heavy atom. The molecule has 4 N–H and O–H groups in total. The molecule has 0 bridgehead atoms. The van der Waals surface area contributed by atoms with Gasteiger partial charge in [0.15, 0.2) is 5.82 Å². The van der Waals surface area contributed by atoms with E-state index in [4.69, 9.17) is 11.6 Å². The van der Waals surface area contributed by atoms with E-state index in [0.29, 0.717) is 48.7 Å². The van der Waals surface area contributed by atoms with E-state index in [0.717, 1.165) is 11.1 Å². The molecule has 0 fully saturated rings. The van der Waals surface area contributed by atoms with E-state index in [1.807, 2.05) is 32.9 Å². The predicted molar refractivity (Wildman–Crippen MR) is 121 cm³/mol. The molecule has 8 nitrogen and oxygen atoms in total. The first-order chi connectivity index (χ1) is 14.3. The van der Waals surface area contributed by atoms with E-state index >= 15 is 0 Å². The number of amides is 2. The number of carbonyl (C=O) groups excluding carboxylic acids is 2. The summed E-state index contributed by atoms with van der Waals surface area (Å²) in [4.78, 5) is 32.1. The molecule has 0 aliphatic carbocycles. The van der Waals surface area contributed by atoms with Crippen LogP contribution in [0.25, 0.3) is 11.4 Å². The average molecular weight is 433 g/mol. The van der Waals surface area contributed by atoms with Crippen LogP contribution in [0.2, 0.25) is 5.02 Å². The van der Waals surface area contributed by atoms with Crippen LogP contribution >= 0.6 is 11.6 Å². The molecule has 0 aliphatic heterocycles. The average Bonchev–Trinajstić information content (AvgIpc) is 2.70. The Bertz CT molecular complexity index is 871. The third-order valence-corrected chi connectivity index (χ3v) is 4.53. The Kier molecular flexibility index (Phi) is 8.86. The van der Waals surface area contributed by atoms with E-state index in [2.05, 4.69) is 31.2 Å². The summed E-state index contributed by atoms with van der Waals surface area (Å²) in [6.45, 7) is 9.14. The van der Waals surface area contributed by atoms with Crippen molar-refractivity contribution in [3.8, 4) is 11.4 Å². The third-order valence-electron chi connectivity index (χ3n) is 4.28. The molecule has 0 atom stereocenters. The summed E-state index contributed by atoms with van der Waals surface area (Å²) < 4.78 is 0. The molecule has 0 spiro atoms. The van der Waals surface area contributed by atoms with Crippen molar-refractivity contribution in [1.82, 2.24) is 20.6 Å². The van der Waals surface area contributed by atoms with E-state index in [-0.39, 0.29) is 17.7 Å². The zero-order valence-electron chi connectivity index (χ0n) is 17.8. The maximum absolute atomic E-state index is 11.7. The molecule has 1 aromatic carbocycles. The number of halogens is 1. The van der Waals surface area contributed by atoms with Crippen LogP contribution in [0.3, 0.4) is 0 Å². The van der Waals surface area contributed by atoms with Crippen molar-refractivity contribution in [2.24, 2.45) is 5.92 Å². The first-order valence-corrected chi connectivity index (χ1v) is 10.3. The maximum atomic E-state index is 11.7. The van der Waals surface area contributed by atoms with Crippen molar-refractivity contribution in [3.63, 3.8) is 0 Å². The van der Waals surface area contributed by atoms with Crippen LogP contribution in [-0.4, -0.2) is 48.0 Å². The van der Waals surface area contributed by atoms with Gasteiger partial charge in [-0.2, -0.15) is 0 Å². The minimum absolute atomic E-state index is 0.0124. The molecule has 9 heteroatoms. The summed E-state index contributed by atoms with van der Waals surface area (Å²) in [5.74, 6) is 1.78. The van der Waals surface area contributed by atoms with Gasteiger partial charge in [-0.25, -0.2) is 9.97 Å². The molecule has 2 rings (SSSR count). The summed E-state index contributed by atoms with van der Waals surface area (Å²) >= 11 is 5.99. The minimum atomic E-state index is -0.0798. The highest BCUT2D eigenvalue weighted by atomic mass is 35.5. The summed E-state index contributed by atoms with van der Waals surface area (Å²) in [5.41, 5.74) is 1.69. The number of aromatic nitrogens is 2. The number of nitrogens with zero attached hydrogens (tertiary/aromatic N) is 2. The Balaban J connectivity index is 2.17. The smallest absolute Gasteiger partial charge is 0.222 e. The molecule has 0 radical (unpaired) electrons. The van der Waals surface area contributed by atoms with Gasteiger partial charge in [0, 0.05) is 55.2 Å². The topological polar surface area (TPSA) is 108 Å². The van der Waals surface area contributed by atoms with Gasteiger partial charge in [0.25, 0.3) is 0 Å². The lowest BCUT2D eigenvalue weighted by Gasteiger charge is -2.16. The standard InChI is InChI=1S/C21H29ClN6O2/c1-13(2)21(30)26-12-11-25-19-14(3)18(24-10-9-23-15(4)29)27-20(28-19)16-5-7-17(22)8-6-16/h5-8,13H,9-12H2,1-4H3,(H,23,29)(H,26,30)(H2,24,25,27,28). The minimum Gasteiger partial charge on any atom is -0.368 e. The number of hydrogen-bond acceptors (Lipinski definition) is 6. The van der Waals surface area contributed by atoms with Crippen LogP contribution in [0.15, 0.2) is 24.3 Å². The molecule has 2 amide bonds. The quantitative estimate of drug-likeness (QED) is 0.430. The molecular weight excluding hydrogens is 404 g/mol. The zero-order chi connectivity index (χ0) is 22.1. The van der Waals surface area contributed by atoms with Crippen LogP contribution in [0, 0.1) is 12.8 Å². The molecule has 2 aromatic rings. The molecule has 162 valence electrons. The fourth-order valence-electron chi connectivity index (χ4n) is 2.58. The lowest BCUT2D eigenvalue weighted by molar-refractivity contribution is -0.124. The Hall–Kier alpha value is -2.87. The number of benzene rings is 1. The number of carbonyl (C=O) groups is 2. The van der Waals surface area contributed by atoms with E-state index in [1.165, 1.54) is 6.92 Å². The lowest BCUT2D eigenvalue weighted by Crippen LogP contribution is -2.32. The van der Waals surface area contributed by atoms with Crippen LogP contribution in [-0.2, 0) is 9.59 Å². The van der Waals surface area contributed by atoms with Gasteiger partial charge in [-0.15, -0.1) is 0 Å². The Labute approximate surface area is 182 Å². The number of hydrogen-bond donors (Lipinski definition) is 4. The summed E-state index contributed by atoms with van der Waals surface area (Å²) in [7, 11) is 0. The van der Waals surface area contributed by atoms with Crippen molar-refractivity contribution in [1.29, 1.82) is 0 Å². The highest BCUT2D eigenvalue weighted by Gasteiger charge is 2.13. The van der Waals surface area contributed by atoms with Crippen LogP contribution in [0.5, 0.6) is 0 Å². The summed E-state index contributed by atoms with van der Waals surface area (Å²) in [6.07, 6.45) is 0. The SMILES string of the molecule is CC(=O)NCCNc1nc(-c2ccc(Cl)cc2)nc(NCCNC(=O)C(C)C)c1C. The predicted octanol–water partition coefficient (Wildman–Crippen LogP) is 2.84. The van der Waals surface area contributed by atoms with Crippen molar-refractivity contribution >= 4 is 35.1 Å². The van der Waals surface area contributed by atoms with Crippen LogP contribution < -0.4 is 21.3 Å². The first-order valence-electron chi connectivity index (χ1n) is 9.92. The third kappa shape index (κ3) is 7.18. The van der Waals surface area contributed by atoms with E-state index in [1.54, 1.807) is 12.1 Å². The van der Waals surface area contributed by atoms with Crippen molar-refractivity contribution in [3.05, 3.63) is 34.9 Å². The number of rotatable bonds is 10. The number of anilines is 2. The molecule has 0 saturated carbocycles. The van der Waals surface area contributed by atoms with Crippen LogP contribution in [0.1, 0.15) is 26.3 Å². The van der Waals surface area contributed by atoms with Crippen molar-refractivity contribution < 1.29 is 9.59 Å². The van der Waals surface area contributed by atoms with E-state index < -0.39 is 0 Å².